The number of fused-ring (bicyclic) bond motifs is 1. The van der Waals surface area contributed by atoms with Crippen LogP contribution >= 0.6 is 0 Å². The highest BCUT2D eigenvalue weighted by atomic mass is 16.7. The maximum Gasteiger partial charge on any atom is 0.433 e. The van der Waals surface area contributed by atoms with Crippen LogP contribution in [0.1, 0.15) is 10.6 Å². The second-order valence-corrected chi connectivity index (χ2v) is 4.26. The topological polar surface area (TPSA) is 82.6 Å². The van der Waals surface area contributed by atoms with Gasteiger partial charge in [0, 0.05) is 5.39 Å². The summed E-state index contributed by atoms with van der Waals surface area (Å²) in [4.78, 5) is 21.8. The molecule has 0 saturated heterocycles. The fourth-order valence-corrected chi connectivity index (χ4v) is 1.97. The Labute approximate surface area is 118 Å². The molecular formula is C15H9NO5. The van der Waals surface area contributed by atoms with Gasteiger partial charge in [-0.05, 0) is 17.5 Å². The van der Waals surface area contributed by atoms with Gasteiger partial charge in [0.2, 0.25) is 5.76 Å². The van der Waals surface area contributed by atoms with E-state index in [0.717, 1.165) is 16.8 Å². The maximum absolute atomic E-state index is 12.0. The summed E-state index contributed by atoms with van der Waals surface area (Å²) in [5.41, 5.74) is 0. The molecule has 0 radical (unpaired) electrons. The zero-order chi connectivity index (χ0) is 14.8. The van der Waals surface area contributed by atoms with Gasteiger partial charge < -0.3 is 9.15 Å². The van der Waals surface area contributed by atoms with Gasteiger partial charge in [0.15, 0.2) is 0 Å². The van der Waals surface area contributed by atoms with Crippen LogP contribution < -0.4 is 4.74 Å². The predicted molar refractivity (Wildman–Crippen MR) is 74.3 cm³/mol. The van der Waals surface area contributed by atoms with Crippen LogP contribution in [0, 0.1) is 10.1 Å². The number of benzene rings is 2. The number of nitro groups is 1. The van der Waals surface area contributed by atoms with Gasteiger partial charge in [0.05, 0.1) is 6.07 Å². The molecule has 0 amide bonds. The van der Waals surface area contributed by atoms with Crippen molar-refractivity contribution in [2.75, 3.05) is 0 Å². The summed E-state index contributed by atoms with van der Waals surface area (Å²) in [6, 6.07) is 15.1. The SMILES string of the molecule is O=C(Oc1cccc2ccccc12)c1ccc([N+](=O)[O-])o1. The van der Waals surface area contributed by atoms with E-state index in [9.17, 15) is 14.9 Å². The van der Waals surface area contributed by atoms with E-state index in [4.69, 9.17) is 9.15 Å². The van der Waals surface area contributed by atoms with E-state index >= 15 is 0 Å². The fraction of sp³-hybridized carbons (Fsp3) is 0. The molecule has 0 aliphatic rings. The van der Waals surface area contributed by atoms with Crippen LogP contribution in [0.4, 0.5) is 5.88 Å². The molecule has 3 rings (SSSR count). The Kier molecular flexibility index (Phi) is 3.12. The number of rotatable bonds is 3. The monoisotopic (exact) mass is 283 g/mol. The molecular weight excluding hydrogens is 274 g/mol. The van der Waals surface area contributed by atoms with Crippen LogP contribution in [-0.2, 0) is 0 Å². The third kappa shape index (κ3) is 2.46. The van der Waals surface area contributed by atoms with E-state index in [1.807, 2.05) is 30.3 Å². The molecule has 0 aliphatic carbocycles. The van der Waals surface area contributed by atoms with Crippen molar-refractivity contribution in [3.05, 3.63) is 70.5 Å². The molecule has 6 nitrogen and oxygen atoms in total. The first-order valence-electron chi connectivity index (χ1n) is 6.09. The van der Waals surface area contributed by atoms with Crippen LogP contribution in [0.2, 0.25) is 0 Å². The molecule has 0 spiro atoms. The lowest BCUT2D eigenvalue weighted by atomic mass is 10.1. The van der Waals surface area contributed by atoms with Gasteiger partial charge in [0.25, 0.3) is 0 Å². The average Bonchev–Trinajstić information content (AvgIpc) is 2.98. The Morgan fingerprint density at radius 3 is 2.57 bits per heavy atom. The van der Waals surface area contributed by atoms with Crippen molar-refractivity contribution in [3.8, 4) is 5.75 Å². The number of esters is 1. The van der Waals surface area contributed by atoms with Gasteiger partial charge in [-0.2, -0.15) is 0 Å². The van der Waals surface area contributed by atoms with E-state index in [2.05, 4.69) is 0 Å². The van der Waals surface area contributed by atoms with Gasteiger partial charge in [-0.3, -0.25) is 10.1 Å². The molecule has 21 heavy (non-hydrogen) atoms. The third-order valence-corrected chi connectivity index (χ3v) is 2.93. The molecule has 0 unspecified atom stereocenters. The number of hydrogen-bond acceptors (Lipinski definition) is 5. The van der Waals surface area contributed by atoms with Crippen molar-refractivity contribution in [1.29, 1.82) is 0 Å². The molecule has 0 N–H and O–H groups in total. The van der Waals surface area contributed by atoms with Gasteiger partial charge in [0.1, 0.15) is 10.7 Å². The first-order chi connectivity index (χ1) is 10.1. The normalized spacial score (nSPS) is 10.5. The second kappa shape index (κ2) is 5.09. The van der Waals surface area contributed by atoms with E-state index in [0.29, 0.717) is 5.75 Å². The van der Waals surface area contributed by atoms with Crippen LogP contribution in [0.5, 0.6) is 5.75 Å². The van der Waals surface area contributed by atoms with Crippen molar-refractivity contribution in [1.82, 2.24) is 0 Å². The Hall–Kier alpha value is -3.15. The van der Waals surface area contributed by atoms with Gasteiger partial charge in [-0.15, -0.1) is 0 Å². The Balaban J connectivity index is 1.91. The van der Waals surface area contributed by atoms with E-state index in [1.165, 1.54) is 6.07 Å². The Morgan fingerprint density at radius 2 is 1.81 bits per heavy atom. The molecule has 0 saturated carbocycles. The minimum absolute atomic E-state index is 0.213. The lowest BCUT2D eigenvalue weighted by Gasteiger charge is -2.05. The summed E-state index contributed by atoms with van der Waals surface area (Å²) in [6.45, 7) is 0. The van der Waals surface area contributed by atoms with E-state index in [1.54, 1.807) is 12.1 Å². The Bertz CT molecular complexity index is 831. The lowest BCUT2D eigenvalue weighted by molar-refractivity contribution is -0.402. The van der Waals surface area contributed by atoms with Crippen molar-refractivity contribution in [3.63, 3.8) is 0 Å². The number of hydrogen-bond donors (Lipinski definition) is 0. The van der Waals surface area contributed by atoms with Crippen LogP contribution in [0.25, 0.3) is 10.8 Å². The molecule has 1 aromatic heterocycles. The lowest BCUT2D eigenvalue weighted by Crippen LogP contribution is -2.07. The third-order valence-electron chi connectivity index (χ3n) is 2.93. The van der Waals surface area contributed by atoms with Crippen molar-refractivity contribution in [2.24, 2.45) is 0 Å². The molecule has 0 aliphatic heterocycles. The largest absolute Gasteiger partial charge is 0.433 e. The molecule has 1 heterocycles. The summed E-state index contributed by atoms with van der Waals surface area (Å²) in [5.74, 6) is -1.12. The van der Waals surface area contributed by atoms with Gasteiger partial charge in [-0.25, -0.2) is 4.79 Å². The highest BCUT2D eigenvalue weighted by molar-refractivity contribution is 5.94. The van der Waals surface area contributed by atoms with Gasteiger partial charge >= 0.3 is 11.9 Å². The molecule has 104 valence electrons. The van der Waals surface area contributed by atoms with E-state index < -0.39 is 16.8 Å². The van der Waals surface area contributed by atoms with Crippen LogP contribution in [0.3, 0.4) is 0 Å². The van der Waals surface area contributed by atoms with Crippen LogP contribution in [-0.4, -0.2) is 10.9 Å². The minimum atomic E-state index is -0.778. The summed E-state index contributed by atoms with van der Waals surface area (Å²) in [5, 5.41) is 12.2. The summed E-state index contributed by atoms with van der Waals surface area (Å²) in [6.07, 6.45) is 0. The molecule has 6 heteroatoms. The maximum atomic E-state index is 12.0. The van der Waals surface area contributed by atoms with Gasteiger partial charge in [-0.1, -0.05) is 36.4 Å². The second-order valence-electron chi connectivity index (χ2n) is 4.26. The molecule has 0 bridgehead atoms. The Morgan fingerprint density at radius 1 is 1.05 bits per heavy atom. The number of nitrogens with zero attached hydrogens (tertiary/aromatic N) is 1. The summed E-state index contributed by atoms with van der Waals surface area (Å²) >= 11 is 0. The summed E-state index contributed by atoms with van der Waals surface area (Å²) in [7, 11) is 0. The average molecular weight is 283 g/mol. The molecule has 2 aromatic carbocycles. The number of carbonyl (C=O) groups excluding carboxylic acids is 1. The fourth-order valence-electron chi connectivity index (χ4n) is 1.97. The zero-order valence-electron chi connectivity index (χ0n) is 10.7. The predicted octanol–water partition coefficient (Wildman–Crippen LogP) is 3.56. The first-order valence-corrected chi connectivity index (χ1v) is 6.09. The standard InChI is InChI=1S/C15H9NO5/c17-15(13-8-9-14(20-13)16(18)19)21-12-7-3-5-10-4-1-2-6-11(10)12/h1-9H. The van der Waals surface area contributed by atoms with E-state index in [-0.39, 0.29) is 5.76 Å². The van der Waals surface area contributed by atoms with Crippen molar-refractivity contribution >= 4 is 22.6 Å². The first kappa shape index (κ1) is 12.9. The number of ether oxygens (including phenoxy) is 1. The molecule has 3 aromatic rings. The van der Waals surface area contributed by atoms with Crippen molar-refractivity contribution in [2.45, 2.75) is 0 Å². The molecule has 0 atom stereocenters. The molecule has 0 fully saturated rings. The number of carbonyl (C=O) groups is 1. The smallest absolute Gasteiger partial charge is 0.420 e. The minimum Gasteiger partial charge on any atom is -0.420 e. The van der Waals surface area contributed by atoms with Crippen LogP contribution in [0.15, 0.2) is 59.0 Å². The zero-order valence-corrected chi connectivity index (χ0v) is 10.7. The quantitative estimate of drug-likeness (QED) is 0.317. The summed E-state index contributed by atoms with van der Waals surface area (Å²) < 4.78 is 10.1. The number of furan rings is 1. The highest BCUT2D eigenvalue weighted by Gasteiger charge is 2.19. The van der Waals surface area contributed by atoms with Crippen molar-refractivity contribution < 1.29 is 18.9 Å². The highest BCUT2D eigenvalue weighted by Crippen LogP contribution is 2.26.